The minimum atomic E-state index is -0.425. The third kappa shape index (κ3) is 4.29. The van der Waals surface area contributed by atoms with Gasteiger partial charge in [0.2, 0.25) is 11.8 Å². The van der Waals surface area contributed by atoms with Crippen LogP contribution in [0.4, 0.5) is 0 Å². The smallest absolute Gasteiger partial charge is 0.247 e. The molecule has 7 nitrogen and oxygen atoms in total. The average molecular weight is 293 g/mol. The molecule has 2 unspecified atom stereocenters. The van der Waals surface area contributed by atoms with Crippen LogP contribution in [-0.4, -0.2) is 52.7 Å². The van der Waals surface area contributed by atoms with Crippen molar-refractivity contribution in [3.63, 3.8) is 0 Å². The number of carbonyl (C=O) groups excluding carboxylic acids is 2. The Morgan fingerprint density at radius 3 is 2.81 bits per heavy atom. The highest BCUT2D eigenvalue weighted by molar-refractivity contribution is 5.86. The van der Waals surface area contributed by atoms with Gasteiger partial charge in [-0.05, 0) is 31.7 Å². The van der Waals surface area contributed by atoms with E-state index in [1.165, 1.54) is 4.90 Å². The Bertz CT molecular complexity index is 484. The van der Waals surface area contributed by atoms with Gasteiger partial charge in [-0.25, -0.2) is 0 Å². The Kier molecular flexibility index (Phi) is 4.95. The van der Waals surface area contributed by atoms with E-state index in [0.29, 0.717) is 12.5 Å². The lowest BCUT2D eigenvalue weighted by Gasteiger charge is -2.21. The van der Waals surface area contributed by atoms with Crippen LogP contribution in [0.3, 0.4) is 0 Å². The van der Waals surface area contributed by atoms with Crippen molar-refractivity contribution in [2.24, 2.45) is 11.7 Å². The number of amides is 2. The van der Waals surface area contributed by atoms with Crippen molar-refractivity contribution in [3.8, 4) is 0 Å². The summed E-state index contributed by atoms with van der Waals surface area (Å²) in [6, 6.07) is 1.36. The summed E-state index contributed by atoms with van der Waals surface area (Å²) in [5, 5.41) is 6.82. The molecule has 3 N–H and O–H groups in total. The van der Waals surface area contributed by atoms with Crippen LogP contribution in [-0.2, 0) is 9.59 Å². The van der Waals surface area contributed by atoms with Crippen LogP contribution in [0.1, 0.15) is 25.8 Å². The molecule has 1 aromatic heterocycles. The molecule has 2 rings (SSSR count). The standard InChI is InChI=1S/C14H23N5O2/c1-10(19-7-3-6-17-19)14(21)18(2)9-13(20)16-8-12(15)11-4-5-11/h3,6-7,10-12H,4-5,8-9,15H2,1-2H3,(H,16,20). The van der Waals surface area contributed by atoms with Crippen LogP contribution in [0.15, 0.2) is 18.5 Å². The maximum Gasteiger partial charge on any atom is 0.247 e. The molecule has 0 spiro atoms. The molecular weight excluding hydrogens is 270 g/mol. The Morgan fingerprint density at radius 2 is 2.24 bits per heavy atom. The first-order valence-corrected chi connectivity index (χ1v) is 7.25. The quantitative estimate of drug-likeness (QED) is 0.725. The summed E-state index contributed by atoms with van der Waals surface area (Å²) in [6.45, 7) is 2.26. The van der Waals surface area contributed by atoms with Gasteiger partial charge in [-0.1, -0.05) is 0 Å². The number of hydrogen-bond donors (Lipinski definition) is 2. The summed E-state index contributed by atoms with van der Waals surface area (Å²) >= 11 is 0. The number of nitrogens with two attached hydrogens (primary N) is 1. The van der Waals surface area contributed by atoms with Crippen molar-refractivity contribution in [1.29, 1.82) is 0 Å². The van der Waals surface area contributed by atoms with Gasteiger partial charge in [-0.3, -0.25) is 14.3 Å². The number of likely N-dealkylation sites (N-methyl/N-ethyl adjacent to an activating group) is 1. The van der Waals surface area contributed by atoms with Crippen molar-refractivity contribution >= 4 is 11.8 Å². The topological polar surface area (TPSA) is 93.3 Å². The SMILES string of the molecule is CC(C(=O)N(C)CC(=O)NCC(N)C1CC1)n1cccn1. The molecule has 0 radical (unpaired) electrons. The molecule has 1 aromatic rings. The van der Waals surface area contributed by atoms with Gasteiger partial charge in [0.25, 0.3) is 0 Å². The van der Waals surface area contributed by atoms with Gasteiger partial charge < -0.3 is 16.0 Å². The Labute approximate surface area is 124 Å². The molecule has 21 heavy (non-hydrogen) atoms. The molecule has 1 fully saturated rings. The number of rotatable bonds is 7. The third-order valence-corrected chi connectivity index (χ3v) is 3.80. The summed E-state index contributed by atoms with van der Waals surface area (Å²) in [5.74, 6) is 0.208. The maximum atomic E-state index is 12.2. The van der Waals surface area contributed by atoms with E-state index in [4.69, 9.17) is 5.73 Å². The van der Waals surface area contributed by atoms with Gasteiger partial charge in [0.05, 0.1) is 6.54 Å². The molecule has 1 aliphatic rings. The minimum Gasteiger partial charge on any atom is -0.353 e. The number of hydrogen-bond acceptors (Lipinski definition) is 4. The van der Waals surface area contributed by atoms with Crippen molar-refractivity contribution in [2.45, 2.75) is 31.8 Å². The van der Waals surface area contributed by atoms with Crippen molar-refractivity contribution < 1.29 is 9.59 Å². The zero-order valence-electron chi connectivity index (χ0n) is 12.5. The monoisotopic (exact) mass is 293 g/mol. The van der Waals surface area contributed by atoms with Crippen molar-refractivity contribution in [2.75, 3.05) is 20.1 Å². The predicted molar refractivity (Wildman–Crippen MR) is 78.3 cm³/mol. The Morgan fingerprint density at radius 1 is 1.52 bits per heavy atom. The number of aromatic nitrogens is 2. The summed E-state index contributed by atoms with van der Waals surface area (Å²) in [5.41, 5.74) is 5.92. The highest BCUT2D eigenvalue weighted by Gasteiger charge is 2.28. The molecule has 0 aliphatic heterocycles. The second kappa shape index (κ2) is 6.71. The van der Waals surface area contributed by atoms with Gasteiger partial charge >= 0.3 is 0 Å². The second-order valence-electron chi connectivity index (χ2n) is 5.66. The normalized spacial score (nSPS) is 17.1. The zero-order chi connectivity index (χ0) is 15.4. The molecule has 0 aromatic carbocycles. The lowest BCUT2D eigenvalue weighted by Crippen LogP contribution is -2.44. The lowest BCUT2D eigenvalue weighted by atomic mass is 10.2. The van der Waals surface area contributed by atoms with E-state index >= 15 is 0 Å². The third-order valence-electron chi connectivity index (χ3n) is 3.80. The molecule has 1 aliphatic carbocycles. The van der Waals surface area contributed by atoms with Gasteiger partial charge in [0, 0.05) is 32.0 Å². The minimum absolute atomic E-state index is 0.0259. The highest BCUT2D eigenvalue weighted by Crippen LogP contribution is 2.31. The molecule has 0 saturated heterocycles. The molecule has 1 heterocycles. The lowest BCUT2D eigenvalue weighted by molar-refractivity contribution is -0.137. The van der Waals surface area contributed by atoms with Crippen LogP contribution in [0.5, 0.6) is 0 Å². The van der Waals surface area contributed by atoms with Crippen LogP contribution in [0.2, 0.25) is 0 Å². The summed E-state index contributed by atoms with van der Waals surface area (Å²) in [6.07, 6.45) is 5.65. The summed E-state index contributed by atoms with van der Waals surface area (Å²) in [7, 11) is 1.61. The first kappa shape index (κ1) is 15.5. The molecule has 1 saturated carbocycles. The van der Waals surface area contributed by atoms with Gasteiger partial charge in [-0.15, -0.1) is 0 Å². The van der Waals surface area contributed by atoms with Crippen LogP contribution >= 0.6 is 0 Å². The first-order chi connectivity index (χ1) is 9.99. The predicted octanol–water partition coefficient (Wildman–Crippen LogP) is -0.244. The second-order valence-corrected chi connectivity index (χ2v) is 5.66. The van der Waals surface area contributed by atoms with Crippen LogP contribution in [0, 0.1) is 5.92 Å². The average Bonchev–Trinajstić information content (AvgIpc) is 3.18. The number of carbonyl (C=O) groups is 2. The molecule has 2 amide bonds. The summed E-state index contributed by atoms with van der Waals surface area (Å²) in [4.78, 5) is 25.4. The molecule has 116 valence electrons. The van der Waals surface area contributed by atoms with Crippen LogP contribution < -0.4 is 11.1 Å². The number of nitrogens with zero attached hydrogens (tertiary/aromatic N) is 3. The van der Waals surface area contributed by atoms with E-state index < -0.39 is 6.04 Å². The molecular formula is C14H23N5O2. The maximum absolute atomic E-state index is 12.2. The van der Waals surface area contributed by atoms with Gasteiger partial charge in [0.15, 0.2) is 0 Å². The largest absolute Gasteiger partial charge is 0.353 e. The number of nitrogens with one attached hydrogen (secondary N) is 1. The van der Waals surface area contributed by atoms with Crippen molar-refractivity contribution in [1.82, 2.24) is 20.0 Å². The summed E-state index contributed by atoms with van der Waals surface area (Å²) < 4.78 is 1.57. The van der Waals surface area contributed by atoms with E-state index in [-0.39, 0.29) is 24.4 Å². The van der Waals surface area contributed by atoms with Crippen LogP contribution in [0.25, 0.3) is 0 Å². The van der Waals surface area contributed by atoms with E-state index in [1.54, 1.807) is 37.1 Å². The Hall–Kier alpha value is -1.89. The molecule has 2 atom stereocenters. The molecule has 0 bridgehead atoms. The van der Waals surface area contributed by atoms with E-state index in [0.717, 1.165) is 12.8 Å². The highest BCUT2D eigenvalue weighted by atomic mass is 16.2. The van der Waals surface area contributed by atoms with E-state index in [2.05, 4.69) is 10.4 Å². The van der Waals surface area contributed by atoms with Gasteiger partial charge in [-0.2, -0.15) is 5.10 Å². The van der Waals surface area contributed by atoms with E-state index in [1.807, 2.05) is 0 Å². The fraction of sp³-hybridized carbons (Fsp3) is 0.643. The van der Waals surface area contributed by atoms with Gasteiger partial charge in [0.1, 0.15) is 6.04 Å². The van der Waals surface area contributed by atoms with E-state index in [9.17, 15) is 9.59 Å². The first-order valence-electron chi connectivity index (χ1n) is 7.25. The fourth-order valence-electron chi connectivity index (χ4n) is 2.21. The zero-order valence-corrected chi connectivity index (χ0v) is 12.5. The molecule has 7 heteroatoms. The fourth-order valence-corrected chi connectivity index (χ4v) is 2.21. The van der Waals surface area contributed by atoms with Crippen molar-refractivity contribution in [3.05, 3.63) is 18.5 Å². The Balaban J connectivity index is 1.75.